The molecule has 0 unspecified atom stereocenters. The van der Waals surface area contributed by atoms with Crippen LogP contribution in [-0.4, -0.2) is 24.7 Å². The number of aromatic nitrogens is 1. The third-order valence-electron chi connectivity index (χ3n) is 3.58. The van der Waals surface area contributed by atoms with Crippen LogP contribution in [0.4, 0.5) is 0 Å². The van der Waals surface area contributed by atoms with Gasteiger partial charge in [-0.1, -0.05) is 29.0 Å². The number of rotatable bonds is 3. The lowest BCUT2D eigenvalue weighted by molar-refractivity contribution is 0.0998. The molecule has 0 bridgehead atoms. The van der Waals surface area contributed by atoms with Crippen LogP contribution in [0.15, 0.2) is 41.4 Å². The molecular formula is C17H15ClN2O3S. The van der Waals surface area contributed by atoms with Gasteiger partial charge in [-0.25, -0.2) is 0 Å². The smallest absolute Gasteiger partial charge is 0.279 e. The number of benzene rings is 2. The van der Waals surface area contributed by atoms with E-state index in [9.17, 15) is 4.79 Å². The number of amides is 1. The molecular weight excluding hydrogens is 348 g/mol. The SMILES string of the molecule is COc1ccc(OC)c2c1sc(=NC(=O)c1cccc(Cl)c1)n2C. The zero-order valence-corrected chi connectivity index (χ0v) is 14.9. The summed E-state index contributed by atoms with van der Waals surface area (Å²) in [6, 6.07) is 10.4. The van der Waals surface area contributed by atoms with Gasteiger partial charge in [-0.05, 0) is 30.3 Å². The summed E-state index contributed by atoms with van der Waals surface area (Å²) in [6.07, 6.45) is 0. The molecule has 0 aliphatic rings. The topological polar surface area (TPSA) is 52.8 Å². The van der Waals surface area contributed by atoms with Crippen LogP contribution in [0.2, 0.25) is 5.02 Å². The van der Waals surface area contributed by atoms with E-state index in [0.29, 0.717) is 26.9 Å². The molecule has 3 aromatic rings. The second-order valence-electron chi connectivity index (χ2n) is 5.02. The number of ether oxygens (including phenoxy) is 2. The van der Waals surface area contributed by atoms with Gasteiger partial charge >= 0.3 is 0 Å². The minimum absolute atomic E-state index is 0.349. The van der Waals surface area contributed by atoms with Gasteiger partial charge in [-0.15, -0.1) is 0 Å². The summed E-state index contributed by atoms with van der Waals surface area (Å²) in [4.78, 5) is 17.2. The summed E-state index contributed by atoms with van der Waals surface area (Å²) in [6.45, 7) is 0. The zero-order chi connectivity index (χ0) is 17.3. The number of aryl methyl sites for hydroxylation is 1. The maximum Gasteiger partial charge on any atom is 0.279 e. The normalized spacial score (nSPS) is 11.8. The summed E-state index contributed by atoms with van der Waals surface area (Å²) in [5, 5.41) is 0.500. The van der Waals surface area contributed by atoms with Crippen LogP contribution in [0.1, 0.15) is 10.4 Å². The van der Waals surface area contributed by atoms with E-state index >= 15 is 0 Å². The van der Waals surface area contributed by atoms with E-state index in [0.717, 1.165) is 10.2 Å². The van der Waals surface area contributed by atoms with Crippen molar-refractivity contribution in [3.05, 3.63) is 51.8 Å². The first kappa shape index (κ1) is 16.5. The Bertz CT molecular complexity index is 991. The molecule has 24 heavy (non-hydrogen) atoms. The van der Waals surface area contributed by atoms with Crippen molar-refractivity contribution in [2.75, 3.05) is 14.2 Å². The van der Waals surface area contributed by atoms with Crippen molar-refractivity contribution in [2.45, 2.75) is 0 Å². The second-order valence-corrected chi connectivity index (χ2v) is 6.43. The predicted octanol–water partition coefficient (Wildman–Crippen LogP) is 3.65. The fourth-order valence-electron chi connectivity index (χ4n) is 2.40. The maximum atomic E-state index is 12.4. The molecule has 0 atom stereocenters. The third-order valence-corrected chi connectivity index (χ3v) is 4.96. The Morgan fingerprint density at radius 3 is 2.54 bits per heavy atom. The number of hydrogen-bond donors (Lipinski definition) is 0. The van der Waals surface area contributed by atoms with E-state index in [2.05, 4.69) is 4.99 Å². The van der Waals surface area contributed by atoms with Crippen LogP contribution < -0.4 is 14.3 Å². The van der Waals surface area contributed by atoms with Gasteiger partial charge < -0.3 is 14.0 Å². The summed E-state index contributed by atoms with van der Waals surface area (Å²) in [5.41, 5.74) is 1.28. The quantitative estimate of drug-likeness (QED) is 0.714. The Hall–Kier alpha value is -2.31. The van der Waals surface area contributed by atoms with Crippen molar-refractivity contribution in [3.8, 4) is 11.5 Å². The number of hydrogen-bond acceptors (Lipinski definition) is 4. The summed E-state index contributed by atoms with van der Waals surface area (Å²) in [7, 11) is 5.05. The number of carbonyl (C=O) groups excluding carboxylic acids is 1. The lowest BCUT2D eigenvalue weighted by Crippen LogP contribution is -2.13. The van der Waals surface area contributed by atoms with E-state index in [4.69, 9.17) is 21.1 Å². The van der Waals surface area contributed by atoms with Crippen molar-refractivity contribution in [1.82, 2.24) is 4.57 Å². The highest BCUT2D eigenvalue weighted by molar-refractivity contribution is 7.16. The van der Waals surface area contributed by atoms with Crippen molar-refractivity contribution < 1.29 is 14.3 Å². The lowest BCUT2D eigenvalue weighted by Gasteiger charge is -2.06. The van der Waals surface area contributed by atoms with Gasteiger partial charge in [0.15, 0.2) is 4.80 Å². The molecule has 1 aromatic heterocycles. The monoisotopic (exact) mass is 362 g/mol. The van der Waals surface area contributed by atoms with E-state index < -0.39 is 0 Å². The van der Waals surface area contributed by atoms with Gasteiger partial charge in [0.25, 0.3) is 5.91 Å². The number of halogens is 1. The van der Waals surface area contributed by atoms with Crippen LogP contribution in [-0.2, 0) is 7.05 Å². The molecule has 0 N–H and O–H groups in total. The standard InChI is InChI=1S/C17H15ClN2O3S/c1-20-14-12(22-2)7-8-13(23-3)15(14)24-17(20)19-16(21)10-5-4-6-11(18)9-10/h4-9H,1-3H3. The molecule has 0 saturated carbocycles. The molecule has 0 aliphatic carbocycles. The Kier molecular flexibility index (Phi) is 4.59. The average molecular weight is 363 g/mol. The van der Waals surface area contributed by atoms with E-state index in [1.54, 1.807) is 38.5 Å². The predicted molar refractivity (Wildman–Crippen MR) is 95.2 cm³/mol. The van der Waals surface area contributed by atoms with Crippen LogP contribution in [0.5, 0.6) is 11.5 Å². The molecule has 0 spiro atoms. The van der Waals surface area contributed by atoms with Crippen molar-refractivity contribution >= 4 is 39.1 Å². The Morgan fingerprint density at radius 1 is 1.17 bits per heavy atom. The minimum atomic E-state index is -0.349. The first-order chi connectivity index (χ1) is 11.5. The van der Waals surface area contributed by atoms with Crippen LogP contribution in [0, 0.1) is 0 Å². The molecule has 0 radical (unpaired) electrons. The van der Waals surface area contributed by atoms with Crippen molar-refractivity contribution in [1.29, 1.82) is 0 Å². The van der Waals surface area contributed by atoms with Gasteiger partial charge in [0.05, 0.1) is 14.2 Å². The molecule has 0 fully saturated rings. The van der Waals surface area contributed by atoms with Crippen molar-refractivity contribution in [2.24, 2.45) is 12.0 Å². The fraction of sp³-hybridized carbons (Fsp3) is 0.176. The van der Waals surface area contributed by atoms with Gasteiger partial charge in [0.1, 0.15) is 21.7 Å². The van der Waals surface area contributed by atoms with Gasteiger partial charge in [0.2, 0.25) is 0 Å². The van der Waals surface area contributed by atoms with E-state index in [-0.39, 0.29) is 5.91 Å². The minimum Gasteiger partial charge on any atom is -0.495 e. The highest BCUT2D eigenvalue weighted by atomic mass is 35.5. The molecule has 0 saturated heterocycles. The number of thiazole rings is 1. The van der Waals surface area contributed by atoms with Crippen LogP contribution in [0.25, 0.3) is 10.2 Å². The van der Waals surface area contributed by atoms with E-state index in [1.807, 2.05) is 23.7 Å². The fourth-order valence-corrected chi connectivity index (χ4v) is 3.72. The number of carbonyl (C=O) groups is 1. The summed E-state index contributed by atoms with van der Waals surface area (Å²) >= 11 is 7.31. The average Bonchev–Trinajstić information content (AvgIpc) is 2.91. The summed E-state index contributed by atoms with van der Waals surface area (Å²) < 4.78 is 13.5. The van der Waals surface area contributed by atoms with Crippen LogP contribution in [0.3, 0.4) is 0 Å². The molecule has 7 heteroatoms. The first-order valence-electron chi connectivity index (χ1n) is 7.10. The molecule has 1 heterocycles. The highest BCUT2D eigenvalue weighted by Gasteiger charge is 2.14. The van der Waals surface area contributed by atoms with Gasteiger partial charge in [-0.3, -0.25) is 4.79 Å². The maximum absolute atomic E-state index is 12.4. The third kappa shape index (κ3) is 2.90. The van der Waals surface area contributed by atoms with Gasteiger partial charge in [0, 0.05) is 17.6 Å². The molecule has 3 rings (SSSR count). The summed E-state index contributed by atoms with van der Waals surface area (Å²) in [5.74, 6) is 1.06. The zero-order valence-electron chi connectivity index (χ0n) is 13.4. The second kappa shape index (κ2) is 6.67. The Labute approximate surface area is 147 Å². The lowest BCUT2D eigenvalue weighted by atomic mass is 10.2. The molecule has 124 valence electrons. The van der Waals surface area contributed by atoms with E-state index in [1.165, 1.54) is 11.3 Å². The highest BCUT2D eigenvalue weighted by Crippen LogP contribution is 2.34. The Balaban J connectivity index is 2.20. The first-order valence-corrected chi connectivity index (χ1v) is 8.29. The molecule has 2 aromatic carbocycles. The number of fused-ring (bicyclic) bond motifs is 1. The number of methoxy groups -OCH3 is 2. The largest absolute Gasteiger partial charge is 0.495 e. The Morgan fingerprint density at radius 2 is 1.88 bits per heavy atom. The van der Waals surface area contributed by atoms with Gasteiger partial charge in [-0.2, -0.15) is 4.99 Å². The van der Waals surface area contributed by atoms with Crippen molar-refractivity contribution in [3.63, 3.8) is 0 Å². The molecule has 5 nitrogen and oxygen atoms in total. The molecule has 1 amide bonds. The molecule has 0 aliphatic heterocycles. The van der Waals surface area contributed by atoms with Crippen LogP contribution >= 0.6 is 22.9 Å². The number of nitrogens with zero attached hydrogens (tertiary/aromatic N) is 2.